The van der Waals surface area contributed by atoms with Gasteiger partial charge >= 0.3 is 0 Å². The van der Waals surface area contributed by atoms with E-state index in [9.17, 15) is 13.2 Å². The zero-order valence-electron chi connectivity index (χ0n) is 12.7. The highest BCUT2D eigenvalue weighted by molar-refractivity contribution is 8.57. The standard InChI is InChI=1S/C14H26O5S2/c1-2-3-4-5-6-7-8-9-10-11-12-14(13-15)18-20(16)21(17)19-14/h13H,2-12H2,1H3. The van der Waals surface area contributed by atoms with Crippen molar-refractivity contribution in [3.05, 3.63) is 0 Å². The zero-order valence-corrected chi connectivity index (χ0v) is 14.3. The second kappa shape index (κ2) is 10.6. The highest BCUT2D eigenvalue weighted by Crippen LogP contribution is 2.30. The first-order chi connectivity index (χ1) is 10.1. The van der Waals surface area contributed by atoms with Gasteiger partial charge in [0.25, 0.3) is 26.0 Å². The van der Waals surface area contributed by atoms with Gasteiger partial charge in [-0.25, -0.2) is 16.8 Å². The van der Waals surface area contributed by atoms with Gasteiger partial charge in [0.1, 0.15) is 0 Å². The molecule has 0 saturated carbocycles. The quantitative estimate of drug-likeness (QED) is 0.309. The third-order valence-corrected chi connectivity index (χ3v) is 5.72. The van der Waals surface area contributed by atoms with E-state index >= 15 is 0 Å². The van der Waals surface area contributed by atoms with Gasteiger partial charge in [-0.2, -0.15) is 0 Å². The van der Waals surface area contributed by atoms with Crippen LogP contribution in [0.3, 0.4) is 0 Å². The molecule has 1 heterocycles. The van der Waals surface area contributed by atoms with E-state index in [0.29, 0.717) is 12.7 Å². The molecule has 1 rings (SSSR count). The maximum atomic E-state index is 11.1. The predicted molar refractivity (Wildman–Crippen MR) is 83.7 cm³/mol. The molecule has 0 amide bonds. The first-order valence-corrected chi connectivity index (χ1v) is 10.5. The topological polar surface area (TPSA) is 69.7 Å². The Kier molecular flexibility index (Phi) is 9.55. The lowest BCUT2D eigenvalue weighted by Crippen LogP contribution is -2.31. The van der Waals surface area contributed by atoms with Crippen molar-refractivity contribution in [3.63, 3.8) is 0 Å². The summed E-state index contributed by atoms with van der Waals surface area (Å²) in [5.74, 6) is -1.56. The Balaban J connectivity index is 2.02. The summed E-state index contributed by atoms with van der Waals surface area (Å²) in [5, 5.41) is 0. The molecule has 1 aliphatic heterocycles. The summed E-state index contributed by atoms with van der Waals surface area (Å²) in [6.45, 7) is 2.22. The maximum absolute atomic E-state index is 11.1. The van der Waals surface area contributed by atoms with Crippen LogP contribution in [-0.4, -0.2) is 20.5 Å². The normalized spacial score (nSPS) is 28.8. The molecule has 0 N–H and O–H groups in total. The van der Waals surface area contributed by atoms with E-state index in [1.807, 2.05) is 0 Å². The molecule has 124 valence electrons. The van der Waals surface area contributed by atoms with Crippen LogP contribution in [0.4, 0.5) is 0 Å². The van der Waals surface area contributed by atoms with Gasteiger partial charge in [0.2, 0.25) is 0 Å². The molecule has 0 aliphatic carbocycles. The lowest BCUT2D eigenvalue weighted by molar-refractivity contribution is -0.143. The Morgan fingerprint density at radius 1 is 0.810 bits per heavy atom. The molecule has 2 atom stereocenters. The zero-order chi connectivity index (χ0) is 15.6. The molecular formula is C14H26O5S2. The molecule has 5 nitrogen and oxygen atoms in total. The van der Waals surface area contributed by atoms with Crippen LogP contribution in [0.5, 0.6) is 0 Å². The molecule has 2 unspecified atom stereocenters. The molecule has 21 heavy (non-hydrogen) atoms. The lowest BCUT2D eigenvalue weighted by atomic mass is 10.0. The van der Waals surface area contributed by atoms with E-state index in [2.05, 4.69) is 6.92 Å². The second-order valence-corrected chi connectivity index (χ2v) is 8.22. The van der Waals surface area contributed by atoms with Gasteiger partial charge in [-0.3, -0.25) is 4.79 Å². The monoisotopic (exact) mass is 338 g/mol. The number of aldehydes is 1. The minimum absolute atomic E-state index is 0.310. The molecular weight excluding hydrogens is 312 g/mol. The van der Waals surface area contributed by atoms with Gasteiger partial charge in [0.05, 0.1) is 0 Å². The van der Waals surface area contributed by atoms with E-state index in [-0.39, 0.29) is 0 Å². The SMILES string of the molecule is CCCCCCCCCCCCC1(C=O)OS(=O)S(=O)O1. The highest BCUT2D eigenvalue weighted by atomic mass is 33.2. The van der Waals surface area contributed by atoms with Gasteiger partial charge in [-0.05, 0) is 6.42 Å². The summed E-state index contributed by atoms with van der Waals surface area (Å²) >= 11 is 0. The van der Waals surface area contributed by atoms with Crippen LogP contribution in [0.25, 0.3) is 0 Å². The number of carbonyl (C=O) groups excluding carboxylic acids is 1. The van der Waals surface area contributed by atoms with Crippen LogP contribution < -0.4 is 0 Å². The molecule has 0 aromatic rings. The molecule has 0 aromatic carbocycles. The van der Waals surface area contributed by atoms with Crippen molar-refractivity contribution in [2.24, 2.45) is 0 Å². The average Bonchev–Trinajstić information content (AvgIpc) is 2.77. The van der Waals surface area contributed by atoms with Crippen molar-refractivity contribution < 1.29 is 21.6 Å². The smallest absolute Gasteiger partial charge is 0.280 e. The average molecular weight is 338 g/mol. The molecule has 7 heteroatoms. The van der Waals surface area contributed by atoms with E-state index in [1.165, 1.54) is 44.9 Å². The molecule has 0 bridgehead atoms. The number of hydrogen-bond acceptors (Lipinski definition) is 5. The fraction of sp³-hybridized carbons (Fsp3) is 0.929. The highest BCUT2D eigenvalue weighted by Gasteiger charge is 2.46. The van der Waals surface area contributed by atoms with Gasteiger partial charge in [0.15, 0.2) is 6.29 Å². The molecule has 0 radical (unpaired) electrons. The van der Waals surface area contributed by atoms with Gasteiger partial charge < -0.3 is 0 Å². The van der Waals surface area contributed by atoms with Gasteiger partial charge in [0, 0.05) is 6.42 Å². The van der Waals surface area contributed by atoms with Crippen molar-refractivity contribution >= 4 is 26.5 Å². The van der Waals surface area contributed by atoms with Crippen LogP contribution in [-0.2, 0) is 33.4 Å². The summed E-state index contributed by atoms with van der Waals surface area (Å²) in [5.41, 5.74) is 0. The van der Waals surface area contributed by atoms with Gasteiger partial charge in [-0.15, -0.1) is 0 Å². The number of carbonyl (C=O) groups is 1. The third-order valence-electron chi connectivity index (χ3n) is 3.59. The van der Waals surface area contributed by atoms with Crippen molar-refractivity contribution in [1.29, 1.82) is 0 Å². The molecule has 0 spiro atoms. The predicted octanol–water partition coefficient (Wildman–Crippen LogP) is 3.48. The molecule has 1 saturated heterocycles. The summed E-state index contributed by atoms with van der Waals surface area (Å²) in [7, 11) is -4.07. The summed E-state index contributed by atoms with van der Waals surface area (Å²) in [6, 6.07) is 0. The Morgan fingerprint density at radius 3 is 1.67 bits per heavy atom. The molecule has 1 fully saturated rings. The van der Waals surface area contributed by atoms with E-state index in [1.54, 1.807) is 0 Å². The van der Waals surface area contributed by atoms with Crippen molar-refractivity contribution in [1.82, 2.24) is 0 Å². The Hall–Kier alpha value is -0.110. The van der Waals surface area contributed by atoms with E-state index < -0.39 is 26.0 Å². The van der Waals surface area contributed by atoms with Gasteiger partial charge in [-0.1, -0.05) is 64.7 Å². The first-order valence-electron chi connectivity index (χ1n) is 7.83. The molecule has 0 aromatic heterocycles. The van der Waals surface area contributed by atoms with Crippen molar-refractivity contribution in [2.45, 2.75) is 83.3 Å². The Bertz CT molecular complexity index is 343. The summed E-state index contributed by atoms with van der Waals surface area (Å²) < 4.78 is 32.0. The van der Waals surface area contributed by atoms with Crippen LogP contribution in [0.2, 0.25) is 0 Å². The largest absolute Gasteiger partial charge is 0.297 e. The van der Waals surface area contributed by atoms with Crippen LogP contribution in [0.15, 0.2) is 0 Å². The van der Waals surface area contributed by atoms with Crippen LogP contribution in [0.1, 0.15) is 77.6 Å². The third kappa shape index (κ3) is 7.13. The fourth-order valence-electron chi connectivity index (χ4n) is 2.34. The van der Waals surface area contributed by atoms with E-state index in [4.69, 9.17) is 8.37 Å². The Morgan fingerprint density at radius 2 is 1.24 bits per heavy atom. The fourth-order valence-corrected chi connectivity index (χ4v) is 4.29. The van der Waals surface area contributed by atoms with Crippen LogP contribution in [0, 0.1) is 0 Å². The first kappa shape index (κ1) is 18.9. The maximum Gasteiger partial charge on any atom is 0.280 e. The Labute approximate surface area is 131 Å². The summed E-state index contributed by atoms with van der Waals surface area (Å²) in [6.07, 6.45) is 12.6. The molecule has 1 aliphatic rings. The minimum Gasteiger partial charge on any atom is -0.297 e. The number of hydrogen-bond donors (Lipinski definition) is 0. The number of rotatable bonds is 12. The second-order valence-electron chi connectivity index (χ2n) is 5.44. The summed E-state index contributed by atoms with van der Waals surface area (Å²) in [4.78, 5) is 11.0. The van der Waals surface area contributed by atoms with Crippen LogP contribution >= 0.6 is 0 Å². The lowest BCUT2D eigenvalue weighted by Gasteiger charge is -2.16. The number of unbranched alkanes of at least 4 members (excludes halogenated alkanes) is 9. The van der Waals surface area contributed by atoms with Crippen molar-refractivity contribution in [2.75, 3.05) is 0 Å². The van der Waals surface area contributed by atoms with E-state index in [0.717, 1.165) is 19.3 Å². The van der Waals surface area contributed by atoms with Crippen molar-refractivity contribution in [3.8, 4) is 0 Å². The minimum atomic E-state index is -2.03.